The SMILES string of the molecule is O=C1/C(=C/c2cc3c(s2)c2sc4cc(C=C5C(=O)c6ccccc6C5=O)n(C(=O)OCc5ccccc5)c4c2n3C(=O)OCc2ccccc2)Cc2ccccc21. The van der Waals surface area contributed by atoms with Gasteiger partial charge in [-0.3, -0.25) is 14.4 Å². The zero-order valence-electron chi connectivity index (χ0n) is 29.9. The number of rotatable bonds is 6. The second-order valence-corrected chi connectivity index (χ2v) is 15.9. The van der Waals surface area contributed by atoms with E-state index in [2.05, 4.69) is 0 Å². The van der Waals surface area contributed by atoms with Crippen molar-refractivity contribution >= 4 is 95.0 Å². The smallest absolute Gasteiger partial charge is 0.419 e. The fourth-order valence-corrected chi connectivity index (χ4v) is 10.1. The molecule has 0 bridgehead atoms. The predicted molar refractivity (Wildman–Crippen MR) is 220 cm³/mol. The van der Waals surface area contributed by atoms with Gasteiger partial charge in [-0.2, -0.15) is 0 Å². The van der Waals surface area contributed by atoms with E-state index in [1.807, 2.05) is 97.1 Å². The summed E-state index contributed by atoms with van der Waals surface area (Å²) in [4.78, 5) is 69.8. The van der Waals surface area contributed by atoms with Gasteiger partial charge in [-0.25, -0.2) is 18.7 Å². The van der Waals surface area contributed by atoms with E-state index >= 15 is 0 Å². The van der Waals surface area contributed by atoms with Gasteiger partial charge in [-0.1, -0.05) is 109 Å². The lowest BCUT2D eigenvalue weighted by molar-refractivity contribution is 0.0987. The maximum absolute atomic E-state index is 14.3. The van der Waals surface area contributed by atoms with Crippen molar-refractivity contribution < 1.29 is 33.4 Å². The second-order valence-electron chi connectivity index (χ2n) is 13.8. The number of thiophene rings is 2. The summed E-state index contributed by atoms with van der Waals surface area (Å²) in [6, 6.07) is 36.3. The van der Waals surface area contributed by atoms with Gasteiger partial charge in [0.2, 0.25) is 0 Å². The van der Waals surface area contributed by atoms with Crippen LogP contribution in [0.2, 0.25) is 0 Å². The summed E-state index contributed by atoms with van der Waals surface area (Å²) in [5.41, 5.74) is 6.01. The highest BCUT2D eigenvalue weighted by molar-refractivity contribution is 7.31. The van der Waals surface area contributed by atoms with Gasteiger partial charge in [0, 0.05) is 33.6 Å². The minimum absolute atomic E-state index is 0.00415. The number of fused-ring (bicyclic) bond motifs is 7. The van der Waals surface area contributed by atoms with E-state index in [4.69, 9.17) is 9.47 Å². The van der Waals surface area contributed by atoms with Gasteiger partial charge in [0.1, 0.15) is 13.2 Å². The van der Waals surface area contributed by atoms with Gasteiger partial charge >= 0.3 is 12.2 Å². The summed E-state index contributed by atoms with van der Waals surface area (Å²) in [7, 11) is 0. The molecule has 8 aromatic rings. The van der Waals surface area contributed by atoms with E-state index in [9.17, 15) is 24.0 Å². The highest BCUT2D eigenvalue weighted by atomic mass is 32.1. The number of Topliss-reactive ketones (excluding diaryl/α,β-unsaturated/α-hetero) is 3. The first-order valence-corrected chi connectivity index (χ1v) is 19.7. The van der Waals surface area contributed by atoms with E-state index in [1.54, 1.807) is 30.3 Å². The number of carbonyl (C=O) groups is 5. The number of allylic oxidation sites excluding steroid dienone is 2. The molecule has 0 spiro atoms. The molecule has 57 heavy (non-hydrogen) atoms. The standard InChI is InChI=1S/C46H28N2O7S2/c49-40-29(19-28-15-7-8-16-32(28)40)20-31-23-36-43(56-31)44-39(48(36)46(53)55-25-27-13-5-2-6-14-27)38-37(57-44)22-30(47(38)45(52)54-24-26-11-3-1-4-12-26)21-35-41(50)33-17-9-10-18-34(33)42(35)51/h1-18,20-23H,19,24-25H2/b29-20+. The molecule has 0 atom stereocenters. The third kappa shape index (κ3) is 5.78. The van der Waals surface area contributed by atoms with E-state index in [1.165, 1.54) is 37.9 Å². The lowest BCUT2D eigenvalue weighted by Crippen LogP contribution is -2.17. The molecule has 0 saturated carbocycles. The Kier molecular flexibility index (Phi) is 8.28. The molecule has 2 aliphatic rings. The molecule has 4 heterocycles. The molecule has 0 radical (unpaired) electrons. The average Bonchev–Trinajstić information content (AvgIpc) is 4.06. The van der Waals surface area contributed by atoms with Crippen molar-refractivity contribution in [3.63, 3.8) is 0 Å². The molecule has 4 aromatic carbocycles. The molecule has 0 unspecified atom stereocenters. The maximum atomic E-state index is 14.3. The molecule has 276 valence electrons. The van der Waals surface area contributed by atoms with Crippen LogP contribution in [0.1, 0.15) is 58.3 Å². The molecule has 0 amide bonds. The molecule has 4 aromatic heterocycles. The first-order chi connectivity index (χ1) is 27.8. The second kappa shape index (κ2) is 13.7. The van der Waals surface area contributed by atoms with Gasteiger partial charge in [0.05, 0.1) is 41.9 Å². The molecule has 0 fully saturated rings. The van der Waals surface area contributed by atoms with Gasteiger partial charge < -0.3 is 9.47 Å². The summed E-state index contributed by atoms with van der Waals surface area (Å²) >= 11 is 2.81. The largest absolute Gasteiger partial charge is 0.444 e. The Hall–Kier alpha value is -6.95. The highest BCUT2D eigenvalue weighted by Crippen LogP contribution is 2.46. The number of aromatic nitrogens is 2. The highest BCUT2D eigenvalue weighted by Gasteiger charge is 2.35. The summed E-state index contributed by atoms with van der Waals surface area (Å²) in [6.07, 6.45) is 2.40. The molecular weight excluding hydrogens is 757 g/mol. The minimum atomic E-state index is -0.755. The van der Waals surface area contributed by atoms with Gasteiger partial charge in [-0.15, -0.1) is 22.7 Å². The van der Waals surface area contributed by atoms with Crippen molar-refractivity contribution in [2.24, 2.45) is 0 Å². The quantitative estimate of drug-likeness (QED) is 0.122. The maximum Gasteiger partial charge on any atom is 0.419 e. The number of hydrogen-bond donors (Lipinski definition) is 0. The molecule has 0 N–H and O–H groups in total. The zero-order chi connectivity index (χ0) is 38.8. The lowest BCUT2D eigenvalue weighted by Gasteiger charge is -2.11. The van der Waals surface area contributed by atoms with Crippen molar-refractivity contribution in [1.82, 2.24) is 9.13 Å². The number of benzene rings is 4. The molecule has 10 rings (SSSR count). The summed E-state index contributed by atoms with van der Waals surface area (Å²) < 4.78 is 16.7. The van der Waals surface area contributed by atoms with E-state index in [0.717, 1.165) is 31.0 Å². The van der Waals surface area contributed by atoms with E-state index < -0.39 is 23.8 Å². The van der Waals surface area contributed by atoms with Crippen molar-refractivity contribution in [1.29, 1.82) is 0 Å². The van der Waals surface area contributed by atoms with Gasteiger partial charge in [0.25, 0.3) is 0 Å². The van der Waals surface area contributed by atoms with Crippen molar-refractivity contribution in [3.05, 3.63) is 176 Å². The van der Waals surface area contributed by atoms with Crippen LogP contribution in [0.5, 0.6) is 0 Å². The Morgan fingerprint density at radius 2 is 1.18 bits per heavy atom. The molecule has 11 heteroatoms. The van der Waals surface area contributed by atoms with Crippen molar-refractivity contribution in [3.8, 4) is 0 Å². The zero-order valence-corrected chi connectivity index (χ0v) is 31.5. The number of ether oxygens (including phenoxy) is 2. The average molecular weight is 785 g/mol. The molecule has 9 nitrogen and oxygen atoms in total. The number of hydrogen-bond acceptors (Lipinski definition) is 9. The summed E-state index contributed by atoms with van der Waals surface area (Å²) in [5.74, 6) is -0.894. The third-order valence-electron chi connectivity index (χ3n) is 10.3. The Balaban J connectivity index is 1.15. The van der Waals surface area contributed by atoms with Crippen LogP contribution in [0.4, 0.5) is 9.59 Å². The topological polar surface area (TPSA) is 114 Å². The number of nitrogens with zero attached hydrogens (tertiary/aromatic N) is 2. The Morgan fingerprint density at radius 3 is 1.81 bits per heavy atom. The van der Waals surface area contributed by atoms with E-state index in [0.29, 0.717) is 49.9 Å². The third-order valence-corrected chi connectivity index (χ3v) is 12.6. The fourth-order valence-electron chi connectivity index (χ4n) is 7.61. The first-order valence-electron chi connectivity index (χ1n) is 18.1. The lowest BCUT2D eigenvalue weighted by atomic mass is 10.1. The number of carbonyl (C=O) groups excluding carboxylic acids is 5. The van der Waals surface area contributed by atoms with Crippen LogP contribution in [-0.4, -0.2) is 38.7 Å². The first kappa shape index (κ1) is 34.5. The van der Waals surface area contributed by atoms with Crippen molar-refractivity contribution in [2.75, 3.05) is 0 Å². The molecule has 2 aliphatic carbocycles. The minimum Gasteiger partial charge on any atom is -0.444 e. The van der Waals surface area contributed by atoms with Crippen LogP contribution in [0.3, 0.4) is 0 Å². The van der Waals surface area contributed by atoms with Crippen LogP contribution >= 0.6 is 22.7 Å². The monoisotopic (exact) mass is 784 g/mol. The van der Waals surface area contributed by atoms with Crippen LogP contribution in [-0.2, 0) is 29.1 Å². The Labute approximate surface area is 332 Å². The number of ketones is 3. The Morgan fingerprint density at radius 1 is 0.596 bits per heavy atom. The molecule has 0 aliphatic heterocycles. The Bertz CT molecular complexity index is 3050. The van der Waals surface area contributed by atoms with Crippen LogP contribution < -0.4 is 0 Å². The van der Waals surface area contributed by atoms with Gasteiger partial charge in [-0.05, 0) is 41.0 Å². The molecular formula is C46H28N2O7S2. The summed E-state index contributed by atoms with van der Waals surface area (Å²) in [5, 5.41) is 0. The van der Waals surface area contributed by atoms with Crippen LogP contribution in [0, 0.1) is 0 Å². The van der Waals surface area contributed by atoms with Crippen molar-refractivity contribution in [2.45, 2.75) is 19.6 Å². The fraction of sp³-hybridized carbons (Fsp3) is 0.0652. The van der Waals surface area contributed by atoms with Crippen LogP contribution in [0.25, 0.3) is 42.8 Å². The normalized spacial score (nSPS) is 14.3. The molecule has 0 saturated heterocycles. The summed E-state index contributed by atoms with van der Waals surface area (Å²) in [6.45, 7) is -0.0358. The van der Waals surface area contributed by atoms with Crippen LogP contribution in [0.15, 0.2) is 132 Å². The van der Waals surface area contributed by atoms with E-state index in [-0.39, 0.29) is 30.3 Å². The predicted octanol–water partition coefficient (Wildman–Crippen LogP) is 10.5. The van der Waals surface area contributed by atoms with Gasteiger partial charge in [0.15, 0.2) is 17.3 Å².